The van der Waals surface area contributed by atoms with E-state index >= 15 is 0 Å². The minimum absolute atomic E-state index is 0.0735. The topological polar surface area (TPSA) is 81.3 Å². The average molecular weight is 295 g/mol. The van der Waals surface area contributed by atoms with E-state index in [1.807, 2.05) is 29.2 Å². The molecule has 20 heavy (non-hydrogen) atoms. The Morgan fingerprint density at radius 1 is 1.35 bits per heavy atom. The van der Waals surface area contributed by atoms with Crippen LogP contribution in [0.1, 0.15) is 0 Å². The third-order valence-corrected chi connectivity index (χ3v) is 4.95. The lowest BCUT2D eigenvalue weighted by molar-refractivity contribution is 0.438. The number of aromatic amines is 1. The van der Waals surface area contributed by atoms with E-state index in [0.29, 0.717) is 13.1 Å². The van der Waals surface area contributed by atoms with Crippen LogP contribution in [0.3, 0.4) is 0 Å². The molecule has 0 bridgehead atoms. The number of nitrogens with one attached hydrogen (secondary N) is 2. The van der Waals surface area contributed by atoms with Crippen molar-refractivity contribution >= 4 is 27.2 Å². The maximum Gasteiger partial charge on any atom is 0.279 e. The van der Waals surface area contributed by atoms with Crippen LogP contribution in [0.4, 0.5) is 5.95 Å². The smallest absolute Gasteiger partial charge is 0.279 e. The highest BCUT2D eigenvalue weighted by Gasteiger charge is 2.32. The van der Waals surface area contributed by atoms with E-state index in [9.17, 15) is 8.42 Å². The second-order valence-electron chi connectivity index (χ2n) is 5.08. The number of fused-ring (bicyclic) bond motifs is 1. The molecule has 3 rings (SSSR count). The maximum atomic E-state index is 11.7. The van der Waals surface area contributed by atoms with Gasteiger partial charge < -0.3 is 9.88 Å². The van der Waals surface area contributed by atoms with Crippen LogP contribution in [-0.4, -0.2) is 55.9 Å². The van der Waals surface area contributed by atoms with Crippen molar-refractivity contribution in [2.45, 2.75) is 6.04 Å². The van der Waals surface area contributed by atoms with Gasteiger partial charge in [0.1, 0.15) is 0 Å². The Morgan fingerprint density at radius 2 is 2.05 bits per heavy atom. The highest BCUT2D eigenvalue weighted by molar-refractivity contribution is 7.87. The summed E-state index contributed by atoms with van der Waals surface area (Å²) in [5, 5.41) is 0. The van der Waals surface area contributed by atoms with Crippen LogP contribution < -0.4 is 9.62 Å². The Labute approximate surface area is 117 Å². The Balaban J connectivity index is 1.66. The van der Waals surface area contributed by atoms with Gasteiger partial charge in [-0.3, -0.25) is 0 Å². The van der Waals surface area contributed by atoms with Gasteiger partial charge in [-0.05, 0) is 12.1 Å². The molecule has 0 aliphatic carbocycles. The van der Waals surface area contributed by atoms with E-state index < -0.39 is 10.2 Å². The molecule has 108 valence electrons. The summed E-state index contributed by atoms with van der Waals surface area (Å²) in [6.45, 7) is 1.24. The predicted octanol–water partition coefficient (Wildman–Crippen LogP) is 0.148. The largest absolute Gasteiger partial charge is 0.339 e. The summed E-state index contributed by atoms with van der Waals surface area (Å²) in [6.07, 6.45) is 0. The molecule has 1 saturated heterocycles. The molecule has 8 heteroatoms. The molecule has 1 aromatic carbocycles. The first-order valence-electron chi connectivity index (χ1n) is 6.35. The quantitative estimate of drug-likeness (QED) is 0.841. The number of nitrogens with zero attached hydrogens (tertiary/aromatic N) is 3. The Morgan fingerprint density at radius 3 is 2.70 bits per heavy atom. The normalized spacial score (nSPS) is 16.9. The third kappa shape index (κ3) is 2.37. The zero-order valence-corrected chi connectivity index (χ0v) is 12.2. The van der Waals surface area contributed by atoms with Crippen molar-refractivity contribution in [1.82, 2.24) is 19.0 Å². The van der Waals surface area contributed by atoms with Gasteiger partial charge in [-0.1, -0.05) is 12.1 Å². The highest BCUT2D eigenvalue weighted by atomic mass is 32.2. The van der Waals surface area contributed by atoms with Crippen LogP contribution in [0.25, 0.3) is 11.0 Å². The molecule has 0 radical (unpaired) electrons. The number of H-pyrrole nitrogens is 1. The SMILES string of the molecule is CN(C)S(=O)(=O)NC1CN(c2nc3ccccc3[nH]2)C1. The van der Waals surface area contributed by atoms with E-state index in [-0.39, 0.29) is 6.04 Å². The molecule has 0 spiro atoms. The van der Waals surface area contributed by atoms with Gasteiger partial charge in [0.05, 0.1) is 17.1 Å². The number of para-hydroxylation sites is 2. The molecule has 1 aromatic heterocycles. The number of rotatable bonds is 4. The second-order valence-corrected chi connectivity index (χ2v) is 7.00. The van der Waals surface area contributed by atoms with Crippen LogP contribution in [-0.2, 0) is 10.2 Å². The Kier molecular flexibility index (Phi) is 3.15. The van der Waals surface area contributed by atoms with Gasteiger partial charge in [0.2, 0.25) is 5.95 Å². The molecule has 0 atom stereocenters. The Hall–Kier alpha value is -1.64. The van der Waals surface area contributed by atoms with Crippen molar-refractivity contribution in [3.05, 3.63) is 24.3 Å². The number of hydrogen-bond acceptors (Lipinski definition) is 4. The molecule has 0 amide bonds. The summed E-state index contributed by atoms with van der Waals surface area (Å²) in [5.74, 6) is 0.784. The number of anilines is 1. The molecule has 2 N–H and O–H groups in total. The molecule has 0 saturated carbocycles. The number of hydrogen-bond donors (Lipinski definition) is 2. The van der Waals surface area contributed by atoms with Crippen LogP contribution in [0.5, 0.6) is 0 Å². The fraction of sp³-hybridized carbons (Fsp3) is 0.417. The van der Waals surface area contributed by atoms with Crippen molar-refractivity contribution in [2.75, 3.05) is 32.1 Å². The van der Waals surface area contributed by atoms with Crippen LogP contribution in [0.15, 0.2) is 24.3 Å². The molecular formula is C12H17N5O2S. The Bertz CT molecular complexity index is 685. The molecule has 1 aliphatic heterocycles. The van der Waals surface area contributed by atoms with E-state index in [4.69, 9.17) is 0 Å². The van der Waals surface area contributed by atoms with E-state index in [1.165, 1.54) is 18.4 Å². The van der Waals surface area contributed by atoms with Crippen molar-refractivity contribution in [2.24, 2.45) is 0 Å². The number of benzene rings is 1. The fourth-order valence-electron chi connectivity index (χ4n) is 2.13. The van der Waals surface area contributed by atoms with Gasteiger partial charge in [0.25, 0.3) is 10.2 Å². The van der Waals surface area contributed by atoms with Gasteiger partial charge in [-0.2, -0.15) is 17.4 Å². The first-order chi connectivity index (χ1) is 9.45. The molecule has 2 aromatic rings. The lowest BCUT2D eigenvalue weighted by atomic mass is 10.1. The van der Waals surface area contributed by atoms with E-state index in [1.54, 1.807) is 0 Å². The van der Waals surface area contributed by atoms with Gasteiger partial charge in [0, 0.05) is 27.2 Å². The summed E-state index contributed by atoms with van der Waals surface area (Å²) >= 11 is 0. The van der Waals surface area contributed by atoms with Crippen molar-refractivity contribution in [3.8, 4) is 0 Å². The maximum absolute atomic E-state index is 11.7. The summed E-state index contributed by atoms with van der Waals surface area (Å²) in [7, 11) is -0.339. The van der Waals surface area contributed by atoms with Gasteiger partial charge in [-0.25, -0.2) is 4.98 Å². The first-order valence-corrected chi connectivity index (χ1v) is 7.79. The lowest BCUT2D eigenvalue weighted by Crippen LogP contribution is -2.61. The highest BCUT2D eigenvalue weighted by Crippen LogP contribution is 2.21. The van der Waals surface area contributed by atoms with E-state index in [0.717, 1.165) is 17.0 Å². The van der Waals surface area contributed by atoms with Crippen LogP contribution in [0, 0.1) is 0 Å². The van der Waals surface area contributed by atoms with Gasteiger partial charge >= 0.3 is 0 Å². The first kappa shape index (κ1) is 13.3. The van der Waals surface area contributed by atoms with E-state index in [2.05, 4.69) is 14.7 Å². The molecule has 0 unspecified atom stereocenters. The fourth-order valence-corrected chi connectivity index (χ4v) is 2.91. The monoisotopic (exact) mass is 295 g/mol. The number of aromatic nitrogens is 2. The molecule has 2 heterocycles. The van der Waals surface area contributed by atoms with Crippen LogP contribution >= 0.6 is 0 Å². The summed E-state index contributed by atoms with van der Waals surface area (Å²) in [6, 6.07) is 7.74. The average Bonchev–Trinajstić information content (AvgIpc) is 2.76. The minimum Gasteiger partial charge on any atom is -0.339 e. The predicted molar refractivity (Wildman–Crippen MR) is 77.8 cm³/mol. The van der Waals surface area contributed by atoms with Gasteiger partial charge in [0.15, 0.2) is 0 Å². The second kappa shape index (κ2) is 4.72. The van der Waals surface area contributed by atoms with Gasteiger partial charge in [-0.15, -0.1) is 0 Å². The van der Waals surface area contributed by atoms with Crippen LogP contribution in [0.2, 0.25) is 0 Å². The third-order valence-electron chi connectivity index (χ3n) is 3.35. The standard InChI is InChI=1S/C12H17N5O2S/c1-16(2)20(18,19)15-9-7-17(8-9)12-13-10-5-3-4-6-11(10)14-12/h3-6,9,15H,7-8H2,1-2H3,(H,13,14). The summed E-state index contributed by atoms with van der Waals surface area (Å²) < 4.78 is 27.2. The zero-order chi connectivity index (χ0) is 14.3. The lowest BCUT2D eigenvalue weighted by Gasteiger charge is -2.39. The molecule has 1 aliphatic rings. The number of imidazole rings is 1. The minimum atomic E-state index is -3.36. The van der Waals surface area contributed by atoms with Crippen molar-refractivity contribution < 1.29 is 8.42 Å². The zero-order valence-electron chi connectivity index (χ0n) is 11.4. The molecule has 7 nitrogen and oxygen atoms in total. The summed E-state index contributed by atoms with van der Waals surface area (Å²) in [4.78, 5) is 9.73. The molecule has 1 fully saturated rings. The summed E-state index contributed by atoms with van der Waals surface area (Å²) in [5.41, 5.74) is 1.90. The van der Waals surface area contributed by atoms with Crippen molar-refractivity contribution in [3.63, 3.8) is 0 Å². The van der Waals surface area contributed by atoms with Crippen molar-refractivity contribution in [1.29, 1.82) is 0 Å². The molecular weight excluding hydrogens is 278 g/mol.